The third-order valence-electron chi connectivity index (χ3n) is 1.81. The highest BCUT2D eigenvalue weighted by Crippen LogP contribution is 2.42. The average Bonchev–Trinajstić information content (AvgIpc) is 2.16. The largest absolute Gasteiger partial charge is 0.512 e. The minimum Gasteiger partial charge on any atom is -0.160 e. The molecule has 1 aromatic carbocycles. The van der Waals surface area contributed by atoms with Gasteiger partial charge < -0.3 is 0 Å². The van der Waals surface area contributed by atoms with Crippen molar-refractivity contribution in [1.82, 2.24) is 0 Å². The lowest BCUT2D eigenvalue weighted by atomic mass is 10.4. The molecule has 0 heterocycles. The first-order chi connectivity index (χ1) is 6.77. The SMILES string of the molecule is C[S+](c1ccccc1)C(F)(F)C(F)(F)F. The Morgan fingerprint density at radius 3 is 1.80 bits per heavy atom. The maximum absolute atomic E-state index is 12.9. The fourth-order valence-electron chi connectivity index (χ4n) is 0.946. The Labute approximate surface area is 86.4 Å². The molecule has 1 aromatic rings. The molecular weight excluding hydrogens is 235 g/mol. The summed E-state index contributed by atoms with van der Waals surface area (Å²) in [5.41, 5.74) is 0. The third kappa shape index (κ3) is 2.42. The summed E-state index contributed by atoms with van der Waals surface area (Å²) in [6, 6.07) is 6.97. The van der Waals surface area contributed by atoms with Crippen molar-refractivity contribution in [3.8, 4) is 0 Å². The fraction of sp³-hybridized carbons (Fsp3) is 0.333. The van der Waals surface area contributed by atoms with Crippen LogP contribution in [0.1, 0.15) is 0 Å². The number of hydrogen-bond acceptors (Lipinski definition) is 0. The van der Waals surface area contributed by atoms with E-state index in [1.807, 2.05) is 0 Å². The Hall–Kier alpha value is -0.780. The van der Waals surface area contributed by atoms with Gasteiger partial charge in [0.2, 0.25) is 0 Å². The molecule has 15 heavy (non-hydrogen) atoms. The predicted molar refractivity (Wildman–Crippen MR) is 49.0 cm³/mol. The van der Waals surface area contributed by atoms with Crippen LogP contribution < -0.4 is 0 Å². The standard InChI is InChI=1S/C9H8F5S/c1-15(7-5-3-2-4-6-7)9(13,14)8(10,11)12/h2-6H,1H3/q+1. The van der Waals surface area contributed by atoms with Gasteiger partial charge in [-0.2, -0.15) is 13.2 Å². The van der Waals surface area contributed by atoms with Crippen molar-refractivity contribution in [2.24, 2.45) is 0 Å². The first-order valence-electron chi connectivity index (χ1n) is 3.92. The zero-order chi connectivity index (χ0) is 11.7. The Kier molecular flexibility index (Phi) is 3.28. The van der Waals surface area contributed by atoms with Gasteiger partial charge in [0.05, 0.1) is 0 Å². The number of benzene rings is 1. The van der Waals surface area contributed by atoms with Crippen molar-refractivity contribution in [3.63, 3.8) is 0 Å². The molecule has 6 heteroatoms. The second-order valence-corrected chi connectivity index (χ2v) is 4.84. The van der Waals surface area contributed by atoms with Crippen molar-refractivity contribution in [2.45, 2.75) is 16.3 Å². The normalized spacial score (nSPS) is 15.1. The predicted octanol–water partition coefficient (Wildman–Crippen LogP) is 3.45. The lowest BCUT2D eigenvalue weighted by Crippen LogP contribution is -2.43. The van der Waals surface area contributed by atoms with Gasteiger partial charge in [0.1, 0.15) is 17.2 Å². The van der Waals surface area contributed by atoms with Crippen LogP contribution in [0.2, 0.25) is 0 Å². The van der Waals surface area contributed by atoms with Crippen LogP contribution in [0.5, 0.6) is 0 Å². The molecular formula is C9H8F5S+. The van der Waals surface area contributed by atoms with Crippen molar-refractivity contribution in [2.75, 3.05) is 6.26 Å². The number of rotatable bonds is 2. The monoisotopic (exact) mass is 243 g/mol. The topological polar surface area (TPSA) is 0 Å². The van der Waals surface area contributed by atoms with E-state index in [-0.39, 0.29) is 4.90 Å². The van der Waals surface area contributed by atoms with Gasteiger partial charge in [-0.1, -0.05) is 18.2 Å². The van der Waals surface area contributed by atoms with Gasteiger partial charge in [-0.05, 0) is 12.1 Å². The van der Waals surface area contributed by atoms with Crippen LogP contribution >= 0.6 is 0 Å². The molecule has 0 aromatic heterocycles. The van der Waals surface area contributed by atoms with Crippen molar-refractivity contribution >= 4 is 10.9 Å². The van der Waals surface area contributed by atoms with Crippen LogP contribution in [0.4, 0.5) is 22.0 Å². The van der Waals surface area contributed by atoms with Gasteiger partial charge in [0, 0.05) is 0 Å². The molecule has 0 spiro atoms. The van der Waals surface area contributed by atoms with Crippen molar-refractivity contribution in [1.29, 1.82) is 0 Å². The zero-order valence-electron chi connectivity index (χ0n) is 7.68. The molecule has 0 aliphatic rings. The number of halogens is 5. The number of hydrogen-bond donors (Lipinski definition) is 0. The van der Waals surface area contributed by atoms with E-state index < -0.39 is 22.3 Å². The average molecular weight is 243 g/mol. The molecule has 0 N–H and O–H groups in total. The van der Waals surface area contributed by atoms with Gasteiger partial charge in [-0.3, -0.25) is 0 Å². The molecule has 0 fully saturated rings. The Balaban J connectivity index is 3.00. The highest BCUT2D eigenvalue weighted by Gasteiger charge is 2.70. The molecule has 0 saturated carbocycles. The van der Waals surface area contributed by atoms with Crippen molar-refractivity contribution in [3.05, 3.63) is 30.3 Å². The minimum atomic E-state index is -5.50. The van der Waals surface area contributed by atoms with E-state index in [1.54, 1.807) is 6.07 Å². The lowest BCUT2D eigenvalue weighted by Gasteiger charge is -2.17. The van der Waals surface area contributed by atoms with E-state index in [1.165, 1.54) is 24.3 Å². The molecule has 1 rings (SSSR count). The van der Waals surface area contributed by atoms with E-state index >= 15 is 0 Å². The van der Waals surface area contributed by atoms with Gasteiger partial charge in [0.25, 0.3) is 0 Å². The Morgan fingerprint density at radius 2 is 1.40 bits per heavy atom. The molecule has 0 nitrogen and oxygen atoms in total. The van der Waals surface area contributed by atoms with E-state index in [0.717, 1.165) is 6.26 Å². The van der Waals surface area contributed by atoms with Crippen LogP contribution in [-0.2, 0) is 10.9 Å². The molecule has 0 radical (unpaired) electrons. The maximum atomic E-state index is 12.9. The van der Waals surface area contributed by atoms with Crippen LogP contribution in [0, 0.1) is 0 Å². The first-order valence-corrected chi connectivity index (χ1v) is 5.56. The molecule has 0 bridgehead atoms. The summed E-state index contributed by atoms with van der Waals surface area (Å²) in [5.74, 6) is 0. The summed E-state index contributed by atoms with van der Waals surface area (Å²) in [5, 5.41) is -4.67. The summed E-state index contributed by atoms with van der Waals surface area (Å²) in [6.45, 7) is 0. The van der Waals surface area contributed by atoms with Gasteiger partial charge >= 0.3 is 11.4 Å². The smallest absolute Gasteiger partial charge is 0.160 e. The van der Waals surface area contributed by atoms with Gasteiger partial charge in [0.15, 0.2) is 4.90 Å². The van der Waals surface area contributed by atoms with E-state index in [2.05, 4.69) is 0 Å². The molecule has 1 unspecified atom stereocenters. The second-order valence-electron chi connectivity index (χ2n) is 2.84. The number of alkyl halides is 5. The summed E-state index contributed by atoms with van der Waals surface area (Å²) in [4.78, 5) is -0.000162. The van der Waals surface area contributed by atoms with Crippen LogP contribution in [0.25, 0.3) is 0 Å². The van der Waals surface area contributed by atoms with E-state index in [0.29, 0.717) is 0 Å². The second kappa shape index (κ2) is 4.00. The summed E-state index contributed by atoms with van der Waals surface area (Å²) in [7, 11) is -2.17. The minimum absolute atomic E-state index is 0.000162. The Bertz CT molecular complexity index is 319. The molecule has 84 valence electrons. The van der Waals surface area contributed by atoms with Gasteiger partial charge in [-0.25, -0.2) is 0 Å². The van der Waals surface area contributed by atoms with Crippen LogP contribution in [0.15, 0.2) is 35.2 Å². The Morgan fingerprint density at radius 1 is 0.933 bits per heavy atom. The first kappa shape index (κ1) is 12.3. The van der Waals surface area contributed by atoms with Gasteiger partial charge in [-0.15, -0.1) is 8.78 Å². The third-order valence-corrected chi connectivity index (χ3v) is 3.79. The summed E-state index contributed by atoms with van der Waals surface area (Å²) < 4.78 is 61.9. The summed E-state index contributed by atoms with van der Waals surface area (Å²) in [6.07, 6.45) is -4.61. The van der Waals surface area contributed by atoms with Crippen LogP contribution in [-0.4, -0.2) is 17.7 Å². The molecule has 0 amide bonds. The maximum Gasteiger partial charge on any atom is 0.512 e. The van der Waals surface area contributed by atoms with Crippen LogP contribution in [0.3, 0.4) is 0 Å². The molecule has 0 aliphatic carbocycles. The summed E-state index contributed by atoms with van der Waals surface area (Å²) >= 11 is 0. The molecule has 0 saturated heterocycles. The fourth-order valence-corrected chi connectivity index (χ4v) is 2.15. The quantitative estimate of drug-likeness (QED) is 0.551. The highest BCUT2D eigenvalue weighted by molar-refractivity contribution is 7.97. The molecule has 0 aliphatic heterocycles. The zero-order valence-corrected chi connectivity index (χ0v) is 8.50. The van der Waals surface area contributed by atoms with Crippen molar-refractivity contribution < 1.29 is 22.0 Å². The van der Waals surface area contributed by atoms with E-state index in [4.69, 9.17) is 0 Å². The lowest BCUT2D eigenvalue weighted by molar-refractivity contribution is -0.239. The van der Waals surface area contributed by atoms with E-state index in [9.17, 15) is 22.0 Å². The molecule has 1 atom stereocenters. The highest BCUT2D eigenvalue weighted by atomic mass is 32.2.